The number of fused-ring (bicyclic) bond motifs is 1. The largest absolute Gasteiger partial charge is 0.434 e. The summed E-state index contributed by atoms with van der Waals surface area (Å²) < 4.78 is 29.3. The fourth-order valence-corrected chi connectivity index (χ4v) is 3.09. The van der Waals surface area contributed by atoms with Crippen molar-refractivity contribution in [2.24, 2.45) is 0 Å². The van der Waals surface area contributed by atoms with E-state index in [1.54, 1.807) is 12.3 Å². The van der Waals surface area contributed by atoms with Crippen LogP contribution in [-0.2, 0) is 0 Å². The number of Topliss-reactive ketones (excluding diaryl/α,β-unsaturated/α-hetero) is 1. The van der Waals surface area contributed by atoms with Crippen LogP contribution in [0.2, 0.25) is 0 Å². The molecular weight excluding hydrogens is 334 g/mol. The number of alkyl halides is 2. The van der Waals surface area contributed by atoms with Crippen LogP contribution >= 0.6 is 11.8 Å². The van der Waals surface area contributed by atoms with Crippen molar-refractivity contribution < 1.29 is 18.3 Å². The van der Waals surface area contributed by atoms with E-state index in [0.29, 0.717) is 5.03 Å². The highest BCUT2D eigenvalue weighted by Crippen LogP contribution is 2.27. The molecule has 0 unspecified atom stereocenters. The van der Waals surface area contributed by atoms with Gasteiger partial charge in [-0.2, -0.15) is 13.9 Å². The lowest BCUT2D eigenvalue weighted by Gasteiger charge is -2.09. The molecule has 2 aromatic carbocycles. The van der Waals surface area contributed by atoms with E-state index >= 15 is 0 Å². The summed E-state index contributed by atoms with van der Waals surface area (Å²) in [5.41, 5.74) is 0.124. The van der Waals surface area contributed by atoms with Gasteiger partial charge in [-0.15, -0.1) is 5.10 Å². The molecule has 0 atom stereocenters. The Morgan fingerprint density at radius 2 is 1.88 bits per heavy atom. The molecule has 0 saturated carbocycles. The van der Waals surface area contributed by atoms with Crippen molar-refractivity contribution in [1.29, 1.82) is 0 Å². The maximum absolute atomic E-state index is 12.4. The Balaban J connectivity index is 1.78. The molecule has 0 fully saturated rings. The zero-order valence-corrected chi connectivity index (χ0v) is 13.2. The minimum atomic E-state index is -2.98. The van der Waals surface area contributed by atoms with Gasteiger partial charge in [0.1, 0.15) is 10.8 Å². The van der Waals surface area contributed by atoms with Gasteiger partial charge >= 0.3 is 6.61 Å². The molecule has 1 aromatic heterocycles. The lowest BCUT2D eigenvalue weighted by molar-refractivity contribution is -0.0501. The summed E-state index contributed by atoms with van der Waals surface area (Å²) in [5.74, 6) is -0.389. The number of halogens is 2. The second-order valence-electron chi connectivity index (χ2n) is 4.82. The van der Waals surface area contributed by atoms with E-state index in [9.17, 15) is 13.6 Å². The first-order chi connectivity index (χ1) is 11.6. The number of ether oxygens (including phenoxy) is 1. The second-order valence-corrected chi connectivity index (χ2v) is 5.79. The predicted octanol–water partition coefficient (Wildman–Crippen LogP) is 4.21. The summed E-state index contributed by atoms with van der Waals surface area (Å²) in [7, 11) is 0. The van der Waals surface area contributed by atoms with E-state index in [-0.39, 0.29) is 22.8 Å². The molecule has 4 nitrogen and oxygen atoms in total. The van der Waals surface area contributed by atoms with Gasteiger partial charge in [0.05, 0.1) is 17.5 Å². The second kappa shape index (κ2) is 7.35. The van der Waals surface area contributed by atoms with Crippen LogP contribution < -0.4 is 4.74 Å². The molecule has 0 spiro atoms. The molecule has 0 N–H and O–H groups in total. The molecule has 1 heterocycles. The van der Waals surface area contributed by atoms with Crippen molar-refractivity contribution >= 4 is 28.3 Å². The number of nitrogens with zero attached hydrogens (tertiary/aromatic N) is 2. The topological polar surface area (TPSA) is 52.1 Å². The van der Waals surface area contributed by atoms with Gasteiger partial charge in [-0.1, -0.05) is 48.2 Å². The van der Waals surface area contributed by atoms with E-state index < -0.39 is 6.61 Å². The van der Waals surface area contributed by atoms with Gasteiger partial charge in [-0.25, -0.2) is 0 Å². The monoisotopic (exact) mass is 346 g/mol. The number of para-hydroxylation sites is 1. The highest BCUT2D eigenvalue weighted by molar-refractivity contribution is 8.00. The van der Waals surface area contributed by atoms with Crippen molar-refractivity contribution in [1.82, 2.24) is 10.2 Å². The summed E-state index contributed by atoms with van der Waals surface area (Å²) in [6.07, 6.45) is 1.65. The third kappa shape index (κ3) is 3.68. The molecule has 0 amide bonds. The predicted molar refractivity (Wildman–Crippen MR) is 87.7 cm³/mol. The number of benzene rings is 2. The Bertz CT molecular complexity index is 869. The highest BCUT2D eigenvalue weighted by Gasteiger charge is 2.16. The van der Waals surface area contributed by atoms with E-state index in [0.717, 1.165) is 10.8 Å². The smallest absolute Gasteiger partial charge is 0.387 e. The first-order valence-electron chi connectivity index (χ1n) is 7.05. The molecule has 3 rings (SSSR count). The van der Waals surface area contributed by atoms with Gasteiger partial charge in [0, 0.05) is 10.8 Å². The van der Waals surface area contributed by atoms with Crippen molar-refractivity contribution in [3.05, 3.63) is 60.3 Å². The minimum Gasteiger partial charge on any atom is -0.434 e. The van der Waals surface area contributed by atoms with Crippen LogP contribution in [0, 0.1) is 0 Å². The van der Waals surface area contributed by atoms with E-state index in [4.69, 9.17) is 0 Å². The average molecular weight is 346 g/mol. The van der Waals surface area contributed by atoms with Crippen LogP contribution in [0.25, 0.3) is 10.8 Å². The molecule has 0 saturated heterocycles. The number of carbonyl (C=O) groups excluding carboxylic acids is 1. The first kappa shape index (κ1) is 16.3. The van der Waals surface area contributed by atoms with Crippen molar-refractivity contribution in [3.8, 4) is 5.75 Å². The maximum atomic E-state index is 12.4. The van der Waals surface area contributed by atoms with Gasteiger partial charge in [-0.05, 0) is 12.1 Å². The van der Waals surface area contributed by atoms with Crippen LogP contribution in [0.15, 0.2) is 59.8 Å². The number of ketones is 1. The molecule has 0 aliphatic carbocycles. The molecule has 122 valence electrons. The highest BCUT2D eigenvalue weighted by atomic mass is 32.2. The van der Waals surface area contributed by atoms with Crippen LogP contribution in [-0.4, -0.2) is 28.3 Å². The first-order valence-corrected chi connectivity index (χ1v) is 8.04. The quantitative estimate of drug-likeness (QED) is 0.494. The summed E-state index contributed by atoms with van der Waals surface area (Å²) >= 11 is 1.21. The standard InChI is InChI=1S/C17H12F2N2O2S/c18-17(19)23-15-8-4-3-7-13(15)14(22)10-24-16-12-6-2-1-5-11(12)9-20-21-16/h1-9,17H,10H2. The SMILES string of the molecule is O=C(CSc1nncc2ccccc12)c1ccccc1OC(F)F. The van der Waals surface area contributed by atoms with Gasteiger partial charge < -0.3 is 4.74 Å². The van der Waals surface area contributed by atoms with Crippen LogP contribution in [0.3, 0.4) is 0 Å². The van der Waals surface area contributed by atoms with Gasteiger partial charge in [0.25, 0.3) is 0 Å². The third-order valence-electron chi connectivity index (χ3n) is 3.28. The Morgan fingerprint density at radius 1 is 1.12 bits per heavy atom. The number of hydrogen-bond acceptors (Lipinski definition) is 5. The lowest BCUT2D eigenvalue weighted by Crippen LogP contribution is -2.09. The molecule has 24 heavy (non-hydrogen) atoms. The number of hydrogen-bond donors (Lipinski definition) is 0. The zero-order valence-electron chi connectivity index (χ0n) is 12.4. The number of carbonyl (C=O) groups is 1. The van der Waals surface area contributed by atoms with E-state index in [1.165, 1.54) is 30.0 Å². The number of aromatic nitrogens is 2. The Hall–Kier alpha value is -2.54. The molecule has 3 aromatic rings. The van der Waals surface area contributed by atoms with E-state index in [1.807, 2.05) is 24.3 Å². The molecule has 7 heteroatoms. The lowest BCUT2D eigenvalue weighted by atomic mass is 10.1. The fourth-order valence-electron chi connectivity index (χ4n) is 2.22. The summed E-state index contributed by atoms with van der Waals surface area (Å²) in [6.45, 7) is -2.98. The fraction of sp³-hybridized carbons (Fsp3) is 0.118. The normalized spacial score (nSPS) is 11.0. The summed E-state index contributed by atoms with van der Waals surface area (Å²) in [5, 5.41) is 10.4. The average Bonchev–Trinajstić information content (AvgIpc) is 2.59. The van der Waals surface area contributed by atoms with Crippen LogP contribution in [0.5, 0.6) is 5.75 Å². The third-order valence-corrected chi connectivity index (χ3v) is 4.26. The van der Waals surface area contributed by atoms with Crippen LogP contribution in [0.4, 0.5) is 8.78 Å². The zero-order chi connectivity index (χ0) is 16.9. The summed E-state index contributed by atoms with van der Waals surface area (Å²) in [6, 6.07) is 13.5. The maximum Gasteiger partial charge on any atom is 0.387 e. The number of thioether (sulfide) groups is 1. The molecule has 0 aliphatic rings. The van der Waals surface area contributed by atoms with Gasteiger partial charge in [0.15, 0.2) is 5.78 Å². The van der Waals surface area contributed by atoms with Gasteiger partial charge in [0.2, 0.25) is 0 Å². The van der Waals surface area contributed by atoms with Crippen molar-refractivity contribution in [2.75, 3.05) is 5.75 Å². The van der Waals surface area contributed by atoms with Crippen molar-refractivity contribution in [3.63, 3.8) is 0 Å². The van der Waals surface area contributed by atoms with Gasteiger partial charge in [-0.3, -0.25) is 4.79 Å². The Labute approximate surface area is 140 Å². The molecule has 0 bridgehead atoms. The molecular formula is C17H12F2N2O2S. The van der Waals surface area contributed by atoms with Crippen LogP contribution in [0.1, 0.15) is 10.4 Å². The molecule has 0 aliphatic heterocycles. The number of rotatable bonds is 6. The Kier molecular flexibility index (Phi) is 5.00. The van der Waals surface area contributed by atoms with Crippen molar-refractivity contribution in [2.45, 2.75) is 11.6 Å². The molecule has 0 radical (unpaired) electrons. The van der Waals surface area contributed by atoms with E-state index in [2.05, 4.69) is 14.9 Å². The summed E-state index contributed by atoms with van der Waals surface area (Å²) in [4.78, 5) is 12.4. The Morgan fingerprint density at radius 3 is 2.71 bits per heavy atom. The minimum absolute atomic E-state index is 0.0479.